The monoisotopic (exact) mass is 302 g/mol. The number of rotatable bonds is 2. The Kier molecular flexibility index (Phi) is 4.10. The van der Waals surface area contributed by atoms with Crippen LogP contribution in [0.2, 0.25) is 0 Å². The van der Waals surface area contributed by atoms with Gasteiger partial charge in [-0.05, 0) is 85.4 Å². The summed E-state index contributed by atoms with van der Waals surface area (Å²) < 4.78 is 0. The predicted molar refractivity (Wildman–Crippen MR) is 94.7 cm³/mol. The average molecular weight is 303 g/mol. The largest absolute Gasteiger partial charge is 0.0622 e. The van der Waals surface area contributed by atoms with Crippen molar-refractivity contribution in [3.8, 4) is 0 Å². The van der Waals surface area contributed by atoms with Crippen LogP contribution in [0.4, 0.5) is 0 Å². The maximum Gasteiger partial charge on any atom is -0.0295 e. The highest BCUT2D eigenvalue weighted by Crippen LogP contribution is 2.63. The van der Waals surface area contributed by atoms with Crippen LogP contribution in [0.25, 0.3) is 0 Å². The van der Waals surface area contributed by atoms with Gasteiger partial charge in [-0.2, -0.15) is 0 Å². The summed E-state index contributed by atoms with van der Waals surface area (Å²) in [6.07, 6.45) is 17.0. The summed E-state index contributed by atoms with van der Waals surface area (Å²) in [5.74, 6) is 7.55. The molecule has 22 heavy (non-hydrogen) atoms. The molecule has 0 heterocycles. The topological polar surface area (TPSA) is 0 Å². The van der Waals surface area contributed by atoms with E-state index in [-0.39, 0.29) is 0 Å². The molecule has 4 fully saturated rings. The van der Waals surface area contributed by atoms with E-state index in [2.05, 4.69) is 20.8 Å². The number of hydrogen-bond donors (Lipinski definition) is 0. The molecule has 0 spiro atoms. The Balaban J connectivity index is 1.57. The van der Waals surface area contributed by atoms with Crippen molar-refractivity contribution >= 4 is 0 Å². The smallest absolute Gasteiger partial charge is 0.0295 e. The van der Waals surface area contributed by atoms with Gasteiger partial charge in [0.25, 0.3) is 0 Å². The SMILES string of the molecule is CC1CC2C3C(CCCC13)CCC2C(C)(C)C1CCCCC1. The van der Waals surface area contributed by atoms with Crippen LogP contribution in [0, 0.1) is 46.8 Å². The van der Waals surface area contributed by atoms with E-state index < -0.39 is 0 Å². The predicted octanol–water partition coefficient (Wildman–Crippen LogP) is 6.69. The number of hydrogen-bond acceptors (Lipinski definition) is 0. The normalized spacial score (nSPS) is 46.5. The van der Waals surface area contributed by atoms with Gasteiger partial charge in [0.1, 0.15) is 0 Å². The summed E-state index contributed by atoms with van der Waals surface area (Å²) in [4.78, 5) is 0. The maximum atomic E-state index is 2.68. The van der Waals surface area contributed by atoms with Crippen molar-refractivity contribution in [1.82, 2.24) is 0 Å². The van der Waals surface area contributed by atoms with Crippen molar-refractivity contribution in [1.29, 1.82) is 0 Å². The van der Waals surface area contributed by atoms with Crippen LogP contribution in [-0.4, -0.2) is 0 Å². The second-order valence-corrected chi connectivity index (χ2v) is 10.1. The average Bonchev–Trinajstić information content (AvgIpc) is 2.87. The van der Waals surface area contributed by atoms with Gasteiger partial charge >= 0.3 is 0 Å². The fraction of sp³-hybridized carbons (Fsp3) is 1.00. The van der Waals surface area contributed by atoms with E-state index >= 15 is 0 Å². The van der Waals surface area contributed by atoms with Gasteiger partial charge in [0.05, 0.1) is 0 Å². The minimum absolute atomic E-state index is 0.613. The molecule has 0 radical (unpaired) electrons. The molecule has 6 atom stereocenters. The van der Waals surface area contributed by atoms with Crippen molar-refractivity contribution in [2.45, 2.75) is 91.4 Å². The summed E-state index contributed by atoms with van der Waals surface area (Å²) in [5.41, 5.74) is 0.613. The highest BCUT2D eigenvalue weighted by molar-refractivity contribution is 5.04. The summed E-state index contributed by atoms with van der Waals surface area (Å²) in [7, 11) is 0. The lowest BCUT2D eigenvalue weighted by Gasteiger charge is -2.53. The summed E-state index contributed by atoms with van der Waals surface area (Å²) >= 11 is 0. The molecule has 0 aromatic heterocycles. The lowest BCUT2D eigenvalue weighted by molar-refractivity contribution is -0.0347. The second kappa shape index (κ2) is 5.82. The van der Waals surface area contributed by atoms with E-state index in [0.29, 0.717) is 5.41 Å². The Morgan fingerprint density at radius 3 is 2.27 bits per heavy atom. The standard InChI is InChI=1S/C22H38/c1-15-14-19-20(22(2,3)17-9-5-4-6-10-17)13-12-16-8-7-11-18(15)21(16)19/h15-21H,4-14H2,1-3H3. The third-order valence-corrected chi connectivity index (χ3v) is 9.00. The second-order valence-electron chi connectivity index (χ2n) is 10.1. The first-order chi connectivity index (χ1) is 10.6. The third kappa shape index (κ3) is 2.39. The van der Waals surface area contributed by atoms with Crippen LogP contribution in [-0.2, 0) is 0 Å². The zero-order chi connectivity index (χ0) is 15.3. The first-order valence-corrected chi connectivity index (χ1v) is 10.6. The molecule has 4 rings (SSSR count). The quantitative estimate of drug-likeness (QED) is 0.533. The Morgan fingerprint density at radius 2 is 1.50 bits per heavy atom. The van der Waals surface area contributed by atoms with Crippen LogP contribution in [0.15, 0.2) is 0 Å². The van der Waals surface area contributed by atoms with Crippen LogP contribution in [0.3, 0.4) is 0 Å². The maximum absolute atomic E-state index is 2.68. The van der Waals surface area contributed by atoms with Gasteiger partial charge < -0.3 is 0 Å². The van der Waals surface area contributed by atoms with E-state index in [0.717, 1.165) is 41.4 Å². The molecular weight excluding hydrogens is 264 g/mol. The molecule has 0 aromatic rings. The Hall–Kier alpha value is 0. The van der Waals surface area contributed by atoms with Crippen molar-refractivity contribution in [3.63, 3.8) is 0 Å². The molecule has 0 nitrogen and oxygen atoms in total. The van der Waals surface area contributed by atoms with Gasteiger partial charge in [-0.1, -0.05) is 52.9 Å². The van der Waals surface area contributed by atoms with Gasteiger partial charge in [0.15, 0.2) is 0 Å². The fourth-order valence-corrected chi connectivity index (χ4v) is 7.89. The summed E-state index contributed by atoms with van der Waals surface area (Å²) in [5, 5.41) is 0. The van der Waals surface area contributed by atoms with Crippen LogP contribution < -0.4 is 0 Å². The molecule has 4 saturated carbocycles. The minimum Gasteiger partial charge on any atom is -0.0622 e. The zero-order valence-corrected chi connectivity index (χ0v) is 15.3. The molecule has 0 bridgehead atoms. The lowest BCUT2D eigenvalue weighted by Crippen LogP contribution is -2.45. The van der Waals surface area contributed by atoms with Gasteiger partial charge in [0.2, 0.25) is 0 Å². The lowest BCUT2D eigenvalue weighted by atomic mass is 9.52. The summed E-state index contributed by atoms with van der Waals surface area (Å²) in [6, 6.07) is 0. The van der Waals surface area contributed by atoms with Crippen molar-refractivity contribution in [2.75, 3.05) is 0 Å². The molecule has 4 aliphatic rings. The van der Waals surface area contributed by atoms with Crippen molar-refractivity contribution in [2.24, 2.45) is 46.8 Å². The molecule has 6 unspecified atom stereocenters. The molecule has 4 aliphatic carbocycles. The van der Waals surface area contributed by atoms with E-state index in [1.54, 1.807) is 38.5 Å². The Bertz CT molecular complexity index is 389. The minimum atomic E-state index is 0.613. The van der Waals surface area contributed by atoms with E-state index in [1.165, 1.54) is 32.1 Å². The zero-order valence-electron chi connectivity index (χ0n) is 15.3. The van der Waals surface area contributed by atoms with Crippen LogP contribution in [0.5, 0.6) is 0 Å². The molecular formula is C22H38. The highest BCUT2D eigenvalue weighted by atomic mass is 14.6. The van der Waals surface area contributed by atoms with E-state index in [1.807, 2.05) is 0 Å². The Labute approximate surface area is 138 Å². The molecule has 0 saturated heterocycles. The van der Waals surface area contributed by atoms with Gasteiger partial charge in [0, 0.05) is 0 Å². The first kappa shape index (κ1) is 15.5. The van der Waals surface area contributed by atoms with Crippen LogP contribution >= 0.6 is 0 Å². The molecule has 0 aliphatic heterocycles. The first-order valence-electron chi connectivity index (χ1n) is 10.6. The van der Waals surface area contributed by atoms with Gasteiger partial charge in [-0.25, -0.2) is 0 Å². The van der Waals surface area contributed by atoms with Crippen molar-refractivity contribution < 1.29 is 0 Å². The fourth-order valence-electron chi connectivity index (χ4n) is 7.89. The van der Waals surface area contributed by atoms with Gasteiger partial charge in [-0.15, -0.1) is 0 Å². The van der Waals surface area contributed by atoms with Gasteiger partial charge in [-0.3, -0.25) is 0 Å². The molecule has 0 aromatic carbocycles. The summed E-state index contributed by atoms with van der Waals surface area (Å²) in [6.45, 7) is 7.94. The Morgan fingerprint density at radius 1 is 0.727 bits per heavy atom. The van der Waals surface area contributed by atoms with E-state index in [4.69, 9.17) is 0 Å². The molecule has 0 N–H and O–H groups in total. The molecule has 126 valence electrons. The van der Waals surface area contributed by atoms with Crippen molar-refractivity contribution in [3.05, 3.63) is 0 Å². The van der Waals surface area contributed by atoms with E-state index in [9.17, 15) is 0 Å². The highest BCUT2D eigenvalue weighted by Gasteiger charge is 2.55. The molecule has 0 heteroatoms. The third-order valence-electron chi connectivity index (χ3n) is 9.00. The molecule has 0 amide bonds. The van der Waals surface area contributed by atoms with Crippen LogP contribution in [0.1, 0.15) is 91.4 Å².